The van der Waals surface area contributed by atoms with E-state index in [0.29, 0.717) is 5.92 Å². The zero-order valence-electron chi connectivity index (χ0n) is 9.53. The Morgan fingerprint density at radius 2 is 2.33 bits per heavy atom. The van der Waals surface area contributed by atoms with Gasteiger partial charge in [-0.25, -0.2) is 0 Å². The van der Waals surface area contributed by atoms with Crippen molar-refractivity contribution in [1.29, 1.82) is 0 Å². The average molecular weight is 208 g/mol. The van der Waals surface area contributed by atoms with Crippen molar-refractivity contribution in [3.05, 3.63) is 24.0 Å². The van der Waals surface area contributed by atoms with Gasteiger partial charge in [-0.1, -0.05) is 13.3 Å². The molecule has 2 N–H and O–H groups in total. The Bertz CT molecular complexity index is 289. The normalized spacial score (nSPS) is 12.5. The predicted octanol–water partition coefficient (Wildman–Crippen LogP) is 2.21. The second-order valence-electron chi connectivity index (χ2n) is 3.86. The van der Waals surface area contributed by atoms with Gasteiger partial charge in [-0.2, -0.15) is 0 Å². The topological polar surface area (TPSA) is 45.1 Å². The van der Waals surface area contributed by atoms with Crippen LogP contribution in [0.1, 0.15) is 25.3 Å². The smallest absolute Gasteiger partial charge is 0.0434 e. The second-order valence-corrected chi connectivity index (χ2v) is 3.86. The number of anilines is 1. The van der Waals surface area contributed by atoms with E-state index in [-0.39, 0.29) is 6.61 Å². The highest BCUT2D eigenvalue weighted by Crippen LogP contribution is 2.14. The van der Waals surface area contributed by atoms with E-state index in [1.54, 1.807) is 6.20 Å². The first-order chi connectivity index (χ1) is 7.27. The van der Waals surface area contributed by atoms with Crippen molar-refractivity contribution < 1.29 is 5.11 Å². The number of aromatic nitrogens is 1. The molecule has 0 radical (unpaired) electrons. The van der Waals surface area contributed by atoms with Crippen LogP contribution in [0.3, 0.4) is 0 Å². The quantitative estimate of drug-likeness (QED) is 0.753. The fourth-order valence-corrected chi connectivity index (χ4v) is 1.56. The van der Waals surface area contributed by atoms with Crippen molar-refractivity contribution >= 4 is 5.69 Å². The summed E-state index contributed by atoms with van der Waals surface area (Å²) < 4.78 is 0. The van der Waals surface area contributed by atoms with E-state index in [2.05, 4.69) is 17.2 Å². The summed E-state index contributed by atoms with van der Waals surface area (Å²) in [5.74, 6) is 0.544. The lowest BCUT2D eigenvalue weighted by Crippen LogP contribution is -2.15. The van der Waals surface area contributed by atoms with Gasteiger partial charge < -0.3 is 10.4 Å². The Hall–Kier alpha value is -1.09. The fourth-order valence-electron chi connectivity index (χ4n) is 1.56. The number of aliphatic hydroxyl groups excluding tert-OH is 1. The van der Waals surface area contributed by atoms with Crippen molar-refractivity contribution in [3.63, 3.8) is 0 Å². The third kappa shape index (κ3) is 3.88. The van der Waals surface area contributed by atoms with E-state index in [1.165, 1.54) is 0 Å². The summed E-state index contributed by atoms with van der Waals surface area (Å²) in [6, 6.07) is 1.99. The van der Waals surface area contributed by atoms with Crippen LogP contribution in [0.5, 0.6) is 0 Å². The van der Waals surface area contributed by atoms with Gasteiger partial charge in [0.05, 0.1) is 0 Å². The monoisotopic (exact) mass is 208 g/mol. The van der Waals surface area contributed by atoms with Gasteiger partial charge in [-0.05, 0) is 30.9 Å². The summed E-state index contributed by atoms with van der Waals surface area (Å²) in [5, 5.41) is 12.3. The number of aryl methyl sites for hydroxylation is 1. The van der Waals surface area contributed by atoms with E-state index in [9.17, 15) is 0 Å². The van der Waals surface area contributed by atoms with E-state index in [1.807, 2.05) is 19.2 Å². The molecule has 0 aliphatic rings. The Kier molecular flexibility index (Phi) is 5.12. The largest absolute Gasteiger partial charge is 0.396 e. The lowest BCUT2D eigenvalue weighted by Gasteiger charge is -2.16. The molecule has 0 aliphatic carbocycles. The predicted molar refractivity (Wildman–Crippen MR) is 62.9 cm³/mol. The third-order valence-corrected chi connectivity index (χ3v) is 2.72. The highest BCUT2D eigenvalue weighted by atomic mass is 16.3. The van der Waals surface area contributed by atoms with Crippen LogP contribution in [0.4, 0.5) is 5.69 Å². The molecule has 0 aromatic carbocycles. The first-order valence-corrected chi connectivity index (χ1v) is 5.53. The van der Waals surface area contributed by atoms with E-state index in [4.69, 9.17) is 5.11 Å². The van der Waals surface area contributed by atoms with Crippen LogP contribution < -0.4 is 5.32 Å². The van der Waals surface area contributed by atoms with Gasteiger partial charge >= 0.3 is 0 Å². The van der Waals surface area contributed by atoms with Gasteiger partial charge in [-0.15, -0.1) is 0 Å². The first-order valence-electron chi connectivity index (χ1n) is 5.53. The standard InChI is InChI=1S/C12H20N2O/c1-3-11(5-7-15)9-14-12-4-6-13-8-10(12)2/h4,6,8,11,15H,3,5,7,9H2,1-2H3,(H,13,14). The molecule has 0 amide bonds. The molecule has 1 aromatic heterocycles. The third-order valence-electron chi connectivity index (χ3n) is 2.72. The van der Waals surface area contributed by atoms with Crippen LogP contribution in [0.15, 0.2) is 18.5 Å². The molecule has 1 unspecified atom stereocenters. The maximum Gasteiger partial charge on any atom is 0.0434 e. The summed E-state index contributed by atoms with van der Waals surface area (Å²) in [5.41, 5.74) is 2.30. The molecule has 0 spiro atoms. The van der Waals surface area contributed by atoms with Crippen molar-refractivity contribution in [2.45, 2.75) is 26.7 Å². The maximum absolute atomic E-state index is 8.88. The summed E-state index contributed by atoms with van der Waals surface area (Å²) in [6.07, 6.45) is 5.61. The highest BCUT2D eigenvalue weighted by Gasteiger charge is 2.05. The number of pyridine rings is 1. The van der Waals surface area contributed by atoms with Crippen LogP contribution in [-0.2, 0) is 0 Å². The summed E-state index contributed by atoms with van der Waals surface area (Å²) in [4.78, 5) is 4.05. The van der Waals surface area contributed by atoms with Crippen molar-refractivity contribution in [2.24, 2.45) is 5.92 Å². The second kappa shape index (κ2) is 6.40. The van der Waals surface area contributed by atoms with E-state index >= 15 is 0 Å². The van der Waals surface area contributed by atoms with Crippen molar-refractivity contribution in [1.82, 2.24) is 4.98 Å². The van der Waals surface area contributed by atoms with Gasteiger partial charge in [0.2, 0.25) is 0 Å². The Balaban J connectivity index is 2.45. The van der Waals surface area contributed by atoms with Crippen LogP contribution >= 0.6 is 0 Å². The molecule has 15 heavy (non-hydrogen) atoms. The Morgan fingerprint density at radius 3 is 2.93 bits per heavy atom. The summed E-state index contributed by atoms with van der Waals surface area (Å²) in [7, 11) is 0. The molecular weight excluding hydrogens is 188 g/mol. The zero-order valence-corrected chi connectivity index (χ0v) is 9.53. The molecule has 0 saturated heterocycles. The van der Waals surface area contributed by atoms with Gasteiger partial charge in [0, 0.05) is 31.2 Å². The SMILES string of the molecule is CCC(CCO)CNc1ccncc1C. The average Bonchev–Trinajstić information content (AvgIpc) is 2.26. The van der Waals surface area contributed by atoms with Gasteiger partial charge in [0.25, 0.3) is 0 Å². The molecule has 1 atom stereocenters. The molecular formula is C12H20N2O. The van der Waals surface area contributed by atoms with E-state index < -0.39 is 0 Å². The molecule has 1 aromatic rings. The number of hydrogen-bond donors (Lipinski definition) is 2. The number of hydrogen-bond acceptors (Lipinski definition) is 3. The molecule has 0 saturated carbocycles. The zero-order chi connectivity index (χ0) is 11.1. The molecule has 0 aliphatic heterocycles. The Morgan fingerprint density at radius 1 is 1.53 bits per heavy atom. The minimum atomic E-state index is 0.273. The lowest BCUT2D eigenvalue weighted by atomic mass is 10.0. The molecule has 1 rings (SSSR count). The van der Waals surface area contributed by atoms with Gasteiger partial charge in [0.15, 0.2) is 0 Å². The first kappa shape index (κ1) is 12.0. The molecule has 0 bridgehead atoms. The number of nitrogens with one attached hydrogen (secondary N) is 1. The van der Waals surface area contributed by atoms with Gasteiger partial charge in [-0.3, -0.25) is 4.98 Å². The lowest BCUT2D eigenvalue weighted by molar-refractivity contribution is 0.258. The molecule has 0 fully saturated rings. The van der Waals surface area contributed by atoms with Gasteiger partial charge in [0.1, 0.15) is 0 Å². The van der Waals surface area contributed by atoms with Crippen molar-refractivity contribution in [2.75, 3.05) is 18.5 Å². The van der Waals surface area contributed by atoms with Crippen LogP contribution in [0.25, 0.3) is 0 Å². The van der Waals surface area contributed by atoms with E-state index in [0.717, 1.165) is 30.6 Å². The minimum absolute atomic E-state index is 0.273. The highest BCUT2D eigenvalue weighted by molar-refractivity contribution is 5.48. The molecule has 84 valence electrons. The number of nitrogens with zero attached hydrogens (tertiary/aromatic N) is 1. The number of rotatable bonds is 6. The van der Waals surface area contributed by atoms with Crippen molar-refractivity contribution in [3.8, 4) is 0 Å². The number of aliphatic hydroxyl groups is 1. The molecule has 3 heteroatoms. The summed E-state index contributed by atoms with van der Waals surface area (Å²) >= 11 is 0. The van der Waals surface area contributed by atoms with Crippen LogP contribution in [0, 0.1) is 12.8 Å². The van der Waals surface area contributed by atoms with Crippen LogP contribution in [-0.4, -0.2) is 23.2 Å². The fraction of sp³-hybridized carbons (Fsp3) is 0.583. The maximum atomic E-state index is 8.88. The molecule has 3 nitrogen and oxygen atoms in total. The summed E-state index contributed by atoms with van der Waals surface area (Å²) in [6.45, 7) is 5.39. The minimum Gasteiger partial charge on any atom is -0.396 e. The molecule has 1 heterocycles. The van der Waals surface area contributed by atoms with Crippen LogP contribution in [0.2, 0.25) is 0 Å². The Labute approximate surface area is 91.5 Å².